The average Bonchev–Trinajstić information content (AvgIpc) is 2.29. The molecule has 12 heavy (non-hydrogen) atoms. The Bertz CT molecular complexity index is 481. The molecule has 0 aliphatic carbocycles. The third-order valence-corrected chi connectivity index (χ3v) is 1.86. The van der Waals surface area contributed by atoms with Gasteiger partial charge in [-0.15, -0.1) is 0 Å². The van der Waals surface area contributed by atoms with Crippen LogP contribution in [0.15, 0.2) is 23.0 Å². The third kappa shape index (κ3) is 0.747. The van der Waals surface area contributed by atoms with Crippen molar-refractivity contribution in [3.8, 4) is 5.75 Å². The van der Waals surface area contributed by atoms with Crippen molar-refractivity contribution in [1.82, 2.24) is 9.78 Å². The van der Waals surface area contributed by atoms with Gasteiger partial charge in [0.1, 0.15) is 11.3 Å². The molecule has 0 radical (unpaired) electrons. The maximum atomic E-state index is 11.2. The Kier molecular flexibility index (Phi) is 1.24. The summed E-state index contributed by atoms with van der Waals surface area (Å²) in [7, 11) is 1.68. The number of para-hydroxylation sites is 1. The molecule has 1 aromatic carbocycles. The number of rotatable bonds is 0. The fourth-order valence-corrected chi connectivity index (χ4v) is 1.34. The minimum atomic E-state index is -0.177. The van der Waals surface area contributed by atoms with E-state index >= 15 is 0 Å². The van der Waals surface area contributed by atoms with Crippen LogP contribution in [0.5, 0.6) is 5.75 Å². The molecule has 4 nitrogen and oxygen atoms in total. The van der Waals surface area contributed by atoms with E-state index in [0.29, 0.717) is 10.9 Å². The van der Waals surface area contributed by atoms with Crippen molar-refractivity contribution in [2.75, 3.05) is 0 Å². The van der Waals surface area contributed by atoms with Crippen LogP contribution in [-0.2, 0) is 7.05 Å². The van der Waals surface area contributed by atoms with Gasteiger partial charge in [-0.2, -0.15) is 0 Å². The number of phenolic OH excluding ortho intramolecular Hbond substituents is 1. The molecule has 0 amide bonds. The maximum absolute atomic E-state index is 11.2. The predicted octanol–water partition coefficient (Wildman–Crippen LogP) is 0.572. The van der Waals surface area contributed by atoms with Crippen LogP contribution in [0.25, 0.3) is 10.9 Å². The Labute approximate surface area is 68.0 Å². The number of aromatic nitrogens is 2. The first-order chi connectivity index (χ1) is 5.70. The van der Waals surface area contributed by atoms with Gasteiger partial charge in [-0.25, -0.2) is 0 Å². The Hall–Kier alpha value is -1.71. The summed E-state index contributed by atoms with van der Waals surface area (Å²) >= 11 is 0. The van der Waals surface area contributed by atoms with Crippen molar-refractivity contribution < 1.29 is 5.11 Å². The van der Waals surface area contributed by atoms with Crippen molar-refractivity contribution in [2.45, 2.75) is 0 Å². The minimum Gasteiger partial charge on any atom is -0.506 e. The number of nitrogens with one attached hydrogen (secondary N) is 1. The lowest BCUT2D eigenvalue weighted by molar-refractivity contribution is 0.477. The van der Waals surface area contributed by atoms with Crippen LogP contribution in [0.3, 0.4) is 0 Å². The summed E-state index contributed by atoms with van der Waals surface area (Å²) in [4.78, 5) is 11.2. The second-order valence-corrected chi connectivity index (χ2v) is 2.67. The van der Waals surface area contributed by atoms with E-state index in [1.807, 2.05) is 0 Å². The number of fused-ring (bicyclic) bond motifs is 1. The van der Waals surface area contributed by atoms with Crippen LogP contribution in [0.2, 0.25) is 0 Å². The summed E-state index contributed by atoms with van der Waals surface area (Å²) in [6, 6.07) is 4.87. The fraction of sp³-hybridized carbons (Fsp3) is 0.125. The van der Waals surface area contributed by atoms with Crippen molar-refractivity contribution in [1.29, 1.82) is 0 Å². The van der Waals surface area contributed by atoms with Gasteiger partial charge in [0.2, 0.25) is 0 Å². The standard InChI is InChI=1S/C8H8N2O2/c1-10-7-5(8(12)9-10)3-2-4-6(7)11/h2-4,11H,1H3,(H,9,12). The third-order valence-electron chi connectivity index (χ3n) is 1.86. The molecule has 1 heterocycles. The zero-order valence-corrected chi connectivity index (χ0v) is 6.53. The second kappa shape index (κ2) is 2.14. The van der Waals surface area contributed by atoms with Gasteiger partial charge in [0.05, 0.1) is 5.39 Å². The number of hydrogen-bond acceptors (Lipinski definition) is 2. The van der Waals surface area contributed by atoms with Gasteiger partial charge in [0.25, 0.3) is 5.56 Å². The Balaban J connectivity index is 3.09. The second-order valence-electron chi connectivity index (χ2n) is 2.67. The molecule has 0 aliphatic rings. The van der Waals surface area contributed by atoms with E-state index in [9.17, 15) is 9.90 Å². The molecule has 0 atom stereocenters. The molecule has 2 rings (SSSR count). The predicted molar refractivity (Wildman–Crippen MR) is 45.2 cm³/mol. The summed E-state index contributed by atoms with van der Waals surface area (Å²) in [6.07, 6.45) is 0. The Morgan fingerprint density at radius 1 is 1.50 bits per heavy atom. The summed E-state index contributed by atoms with van der Waals surface area (Å²) in [5.41, 5.74) is 0.367. The number of hydrogen-bond donors (Lipinski definition) is 2. The quantitative estimate of drug-likeness (QED) is 0.598. The Morgan fingerprint density at radius 3 is 2.92 bits per heavy atom. The number of benzene rings is 1. The van der Waals surface area contributed by atoms with E-state index in [4.69, 9.17) is 0 Å². The monoisotopic (exact) mass is 164 g/mol. The summed E-state index contributed by atoms with van der Waals surface area (Å²) < 4.78 is 1.51. The fourth-order valence-electron chi connectivity index (χ4n) is 1.34. The molecule has 0 saturated heterocycles. The largest absolute Gasteiger partial charge is 0.506 e. The molecule has 0 fully saturated rings. The van der Waals surface area contributed by atoms with Gasteiger partial charge in [-0.1, -0.05) is 6.07 Å². The smallest absolute Gasteiger partial charge is 0.272 e. The number of phenols is 1. The number of aromatic hydroxyl groups is 1. The maximum Gasteiger partial charge on any atom is 0.272 e. The van der Waals surface area contributed by atoms with E-state index in [-0.39, 0.29) is 11.3 Å². The van der Waals surface area contributed by atoms with Crippen LogP contribution < -0.4 is 5.56 Å². The van der Waals surface area contributed by atoms with Crippen molar-refractivity contribution in [3.05, 3.63) is 28.6 Å². The van der Waals surface area contributed by atoms with Crippen LogP contribution in [0.4, 0.5) is 0 Å². The molecule has 4 heteroatoms. The summed E-state index contributed by atoms with van der Waals surface area (Å²) in [5, 5.41) is 12.5. The SMILES string of the molecule is Cn1[nH]c(=O)c2cccc(O)c21. The van der Waals surface area contributed by atoms with Crippen molar-refractivity contribution in [2.24, 2.45) is 7.05 Å². The lowest BCUT2D eigenvalue weighted by atomic mass is 10.2. The highest BCUT2D eigenvalue weighted by Crippen LogP contribution is 2.19. The first-order valence-electron chi connectivity index (χ1n) is 3.57. The van der Waals surface area contributed by atoms with E-state index in [1.54, 1.807) is 25.2 Å². The molecular formula is C8H8N2O2. The number of H-pyrrole nitrogens is 1. The van der Waals surface area contributed by atoms with Crippen LogP contribution >= 0.6 is 0 Å². The molecule has 0 spiro atoms. The molecular weight excluding hydrogens is 156 g/mol. The first kappa shape index (κ1) is 6.97. The number of nitrogens with zero attached hydrogens (tertiary/aromatic N) is 1. The summed E-state index contributed by atoms with van der Waals surface area (Å²) in [6.45, 7) is 0. The van der Waals surface area contributed by atoms with Gasteiger partial charge >= 0.3 is 0 Å². The zero-order valence-electron chi connectivity index (χ0n) is 6.53. The number of aryl methyl sites for hydroxylation is 1. The first-order valence-corrected chi connectivity index (χ1v) is 3.57. The van der Waals surface area contributed by atoms with E-state index in [0.717, 1.165) is 0 Å². The lowest BCUT2D eigenvalue weighted by Gasteiger charge is -1.96. The highest BCUT2D eigenvalue weighted by molar-refractivity contribution is 5.83. The molecule has 0 unspecified atom stereocenters. The summed E-state index contributed by atoms with van der Waals surface area (Å²) in [5.74, 6) is 0.119. The van der Waals surface area contributed by atoms with Gasteiger partial charge < -0.3 is 5.11 Å². The molecule has 2 aromatic rings. The normalized spacial score (nSPS) is 10.8. The lowest BCUT2D eigenvalue weighted by Crippen LogP contribution is -2.01. The number of aromatic amines is 1. The van der Waals surface area contributed by atoms with Gasteiger partial charge in [-0.3, -0.25) is 14.6 Å². The van der Waals surface area contributed by atoms with E-state index < -0.39 is 0 Å². The average molecular weight is 164 g/mol. The molecule has 2 N–H and O–H groups in total. The molecule has 1 aromatic heterocycles. The Morgan fingerprint density at radius 2 is 2.25 bits per heavy atom. The van der Waals surface area contributed by atoms with Crippen LogP contribution in [-0.4, -0.2) is 14.9 Å². The van der Waals surface area contributed by atoms with Crippen LogP contribution in [0, 0.1) is 0 Å². The highest BCUT2D eigenvalue weighted by atomic mass is 16.3. The molecule has 62 valence electrons. The topological polar surface area (TPSA) is 58.0 Å². The minimum absolute atomic E-state index is 0.119. The van der Waals surface area contributed by atoms with E-state index in [1.165, 1.54) is 4.68 Å². The molecule has 0 bridgehead atoms. The van der Waals surface area contributed by atoms with Crippen molar-refractivity contribution >= 4 is 10.9 Å². The molecule has 0 aliphatic heterocycles. The van der Waals surface area contributed by atoms with Crippen LogP contribution in [0.1, 0.15) is 0 Å². The van der Waals surface area contributed by atoms with Gasteiger partial charge in [-0.05, 0) is 12.1 Å². The van der Waals surface area contributed by atoms with Gasteiger partial charge in [0.15, 0.2) is 0 Å². The molecule has 0 saturated carbocycles. The van der Waals surface area contributed by atoms with Gasteiger partial charge in [0, 0.05) is 7.05 Å². The highest BCUT2D eigenvalue weighted by Gasteiger charge is 2.06. The van der Waals surface area contributed by atoms with Crippen molar-refractivity contribution in [3.63, 3.8) is 0 Å². The zero-order chi connectivity index (χ0) is 8.72. The van der Waals surface area contributed by atoms with E-state index in [2.05, 4.69) is 5.10 Å².